The molecule has 0 aliphatic carbocycles. The van der Waals surface area contributed by atoms with E-state index < -0.39 is 89.8 Å². The van der Waals surface area contributed by atoms with Crippen molar-refractivity contribution in [3.63, 3.8) is 0 Å². The van der Waals surface area contributed by atoms with Crippen LogP contribution >= 0.6 is 0 Å². The minimum Gasteiger partial charge on any atom is -0.497 e. The second kappa shape index (κ2) is 19.8. The van der Waals surface area contributed by atoms with Crippen LogP contribution in [0.25, 0.3) is 0 Å². The molecule has 0 fully saturated rings. The molecule has 318 valence electrons. The molecule has 0 aromatic heterocycles. The number of alkyl halides is 5. The fourth-order valence-electron chi connectivity index (χ4n) is 4.99. The van der Waals surface area contributed by atoms with Crippen LogP contribution in [0.1, 0.15) is 72.6 Å². The number of ether oxygens (including phenoxy) is 4. The van der Waals surface area contributed by atoms with Gasteiger partial charge in [-0.3, -0.25) is 14.4 Å². The molecule has 0 heterocycles. The maximum absolute atomic E-state index is 15.0. The van der Waals surface area contributed by atoms with Crippen LogP contribution in [-0.2, 0) is 35.1 Å². The number of carbonyl (C=O) groups is 5. The normalized spacial score (nSPS) is 14.3. The van der Waals surface area contributed by atoms with Crippen molar-refractivity contribution in [1.29, 1.82) is 0 Å². The Morgan fingerprint density at radius 3 is 1.77 bits per heavy atom. The highest BCUT2D eigenvalue weighted by molar-refractivity contribution is 5.92. The van der Waals surface area contributed by atoms with Crippen LogP contribution in [0, 0.1) is 5.92 Å². The molecule has 0 spiro atoms. The average molecular weight is 819 g/mol. The predicted molar refractivity (Wildman–Crippen MR) is 195 cm³/mol. The van der Waals surface area contributed by atoms with Crippen LogP contribution in [0.15, 0.2) is 48.5 Å². The minimum absolute atomic E-state index is 0.0795. The first-order valence-corrected chi connectivity index (χ1v) is 17.7. The Kier molecular flexibility index (Phi) is 16.6. The Hall–Kier alpha value is -5.20. The summed E-state index contributed by atoms with van der Waals surface area (Å²) in [6.07, 6.45) is -9.23. The Labute approximate surface area is 327 Å². The number of nitrogens with one attached hydrogen (secondary N) is 4. The van der Waals surface area contributed by atoms with Gasteiger partial charge in [0.15, 0.2) is 6.61 Å². The maximum atomic E-state index is 15.0. The zero-order chi connectivity index (χ0) is 43.5. The lowest BCUT2D eigenvalue weighted by molar-refractivity contribution is -0.175. The summed E-state index contributed by atoms with van der Waals surface area (Å²) in [6, 6.07) is 6.64. The lowest BCUT2D eigenvalue weighted by Crippen LogP contribution is -2.61. The van der Waals surface area contributed by atoms with Crippen molar-refractivity contribution in [2.24, 2.45) is 5.92 Å². The number of methoxy groups -OCH3 is 1. The van der Waals surface area contributed by atoms with E-state index in [1.54, 1.807) is 53.7 Å². The summed E-state index contributed by atoms with van der Waals surface area (Å²) in [5, 5.41) is 18.8. The Bertz CT molecular complexity index is 1680. The van der Waals surface area contributed by atoms with Crippen LogP contribution in [0.5, 0.6) is 11.5 Å². The number of rotatable bonds is 17. The second-order valence-corrected chi connectivity index (χ2v) is 15.3. The number of aliphatic hydroxyl groups excluding tert-OH is 1. The number of hydrogen-bond acceptors (Lipinski definition) is 10. The maximum Gasteiger partial charge on any atom is 0.408 e. The standard InChI is InChI=1S/C38H51F5N4O10/c1-21(2)28(30(49)38(42,43)33(52)44-20-37(39,40)41)46-32(51)29(23-12-16-24(54-9)17-13-23)47-31(50)26(45-34(53)57-36(6,7)8)18-22-10-14-25(15-11-22)55-19-27(48)56-35(3,4)5/h10-17,21,26,28-30,49H,18-20H2,1-9H3,(H,44,52)(H,45,53)(H,46,51)(H,47,50)/t26-,28-,29-,30+/m0/s1. The lowest BCUT2D eigenvalue weighted by Gasteiger charge is -2.33. The third-order valence-electron chi connectivity index (χ3n) is 7.64. The van der Waals surface area contributed by atoms with Gasteiger partial charge in [-0.05, 0) is 82.9 Å². The van der Waals surface area contributed by atoms with Crippen molar-refractivity contribution < 1.29 is 70.0 Å². The summed E-state index contributed by atoms with van der Waals surface area (Å²) in [4.78, 5) is 64.9. The number of hydrogen-bond donors (Lipinski definition) is 5. The van der Waals surface area contributed by atoms with Crippen molar-refractivity contribution in [3.05, 3.63) is 59.7 Å². The molecule has 2 aromatic rings. The number of aliphatic hydroxyl groups is 1. The molecule has 19 heteroatoms. The van der Waals surface area contributed by atoms with Crippen LogP contribution < -0.4 is 30.7 Å². The van der Waals surface area contributed by atoms with Gasteiger partial charge in [-0.15, -0.1) is 0 Å². The van der Waals surface area contributed by atoms with Crippen LogP contribution in [0.2, 0.25) is 0 Å². The molecular weight excluding hydrogens is 767 g/mol. The Balaban J connectivity index is 2.44. The van der Waals surface area contributed by atoms with Crippen molar-refractivity contribution >= 4 is 29.8 Å². The third-order valence-corrected chi connectivity index (χ3v) is 7.64. The van der Waals surface area contributed by atoms with E-state index >= 15 is 8.78 Å². The largest absolute Gasteiger partial charge is 0.497 e. The quantitative estimate of drug-likeness (QED) is 0.112. The van der Waals surface area contributed by atoms with Crippen molar-refractivity contribution in [2.45, 2.75) is 109 Å². The van der Waals surface area contributed by atoms with E-state index in [1.807, 2.05) is 0 Å². The van der Waals surface area contributed by atoms with Gasteiger partial charge in [0.1, 0.15) is 47.4 Å². The molecule has 0 aliphatic heterocycles. The fraction of sp³-hybridized carbons (Fsp3) is 0.553. The van der Waals surface area contributed by atoms with Crippen LogP contribution in [0.4, 0.5) is 26.7 Å². The molecule has 4 amide bonds. The number of benzene rings is 2. The molecule has 0 aliphatic rings. The summed E-state index contributed by atoms with van der Waals surface area (Å²) in [5.41, 5.74) is -1.16. The SMILES string of the molecule is COc1ccc([C@H](NC(=O)[C@H](Cc2ccc(OCC(=O)OC(C)(C)C)cc2)NC(=O)OC(C)(C)C)C(=O)N[C@@H](C(C)C)[C@@H](O)C(F)(F)C(=O)NCC(F)(F)F)cc1. The summed E-state index contributed by atoms with van der Waals surface area (Å²) < 4.78 is 89.1. The highest BCUT2D eigenvalue weighted by Crippen LogP contribution is 2.27. The second-order valence-electron chi connectivity index (χ2n) is 15.3. The molecule has 0 unspecified atom stereocenters. The highest BCUT2D eigenvalue weighted by Gasteiger charge is 2.52. The van der Waals surface area contributed by atoms with Gasteiger partial charge in [0.05, 0.1) is 13.2 Å². The van der Waals surface area contributed by atoms with E-state index in [0.717, 1.165) is 5.32 Å². The lowest BCUT2D eigenvalue weighted by atomic mass is 9.92. The molecule has 14 nitrogen and oxygen atoms in total. The van der Waals surface area contributed by atoms with E-state index in [9.17, 15) is 42.3 Å². The number of halogens is 5. The van der Waals surface area contributed by atoms with Crippen molar-refractivity contribution in [1.82, 2.24) is 21.3 Å². The minimum atomic E-state index is -5.02. The van der Waals surface area contributed by atoms with Crippen LogP contribution in [-0.4, -0.2) is 96.6 Å². The Morgan fingerprint density at radius 2 is 1.28 bits per heavy atom. The van der Waals surface area contributed by atoms with Gasteiger partial charge in [0.2, 0.25) is 11.8 Å². The van der Waals surface area contributed by atoms with Gasteiger partial charge in [-0.2, -0.15) is 22.0 Å². The Morgan fingerprint density at radius 1 is 0.737 bits per heavy atom. The molecule has 57 heavy (non-hydrogen) atoms. The summed E-state index contributed by atoms with van der Waals surface area (Å²) in [7, 11) is 1.37. The number of carbonyl (C=O) groups excluding carboxylic acids is 5. The molecule has 0 saturated carbocycles. The number of amides is 4. The van der Waals surface area contributed by atoms with E-state index in [0.29, 0.717) is 11.3 Å². The van der Waals surface area contributed by atoms with Gasteiger partial charge >= 0.3 is 24.2 Å². The van der Waals surface area contributed by atoms with Gasteiger partial charge in [0, 0.05) is 6.42 Å². The number of alkyl carbamates (subject to hydrolysis) is 1. The smallest absolute Gasteiger partial charge is 0.408 e. The van der Waals surface area contributed by atoms with Gasteiger partial charge in [-0.25, -0.2) is 9.59 Å². The summed E-state index contributed by atoms with van der Waals surface area (Å²) >= 11 is 0. The first-order chi connectivity index (χ1) is 26.1. The molecule has 0 radical (unpaired) electrons. The summed E-state index contributed by atoms with van der Waals surface area (Å²) in [5.74, 6) is -10.4. The zero-order valence-electron chi connectivity index (χ0n) is 33.1. The van der Waals surface area contributed by atoms with E-state index in [4.69, 9.17) is 18.9 Å². The first kappa shape index (κ1) is 48.0. The molecule has 0 bridgehead atoms. The zero-order valence-corrected chi connectivity index (χ0v) is 33.1. The molecule has 2 rings (SSSR count). The topological polar surface area (TPSA) is 191 Å². The van der Waals surface area contributed by atoms with E-state index in [1.165, 1.54) is 57.4 Å². The monoisotopic (exact) mass is 818 g/mol. The predicted octanol–water partition coefficient (Wildman–Crippen LogP) is 4.52. The molecular formula is C38H51F5N4O10. The van der Waals surface area contributed by atoms with E-state index in [-0.39, 0.29) is 24.3 Å². The number of esters is 1. The molecule has 4 atom stereocenters. The third kappa shape index (κ3) is 16.4. The van der Waals surface area contributed by atoms with Gasteiger partial charge in [-0.1, -0.05) is 38.1 Å². The van der Waals surface area contributed by atoms with Crippen molar-refractivity contribution in [3.8, 4) is 11.5 Å². The molecule has 2 aromatic carbocycles. The van der Waals surface area contributed by atoms with Crippen molar-refractivity contribution in [2.75, 3.05) is 20.3 Å². The van der Waals surface area contributed by atoms with Gasteiger partial charge in [0.25, 0.3) is 5.91 Å². The molecule has 5 N–H and O–H groups in total. The highest BCUT2D eigenvalue weighted by atomic mass is 19.4. The molecule has 0 saturated heterocycles. The average Bonchev–Trinajstić information content (AvgIpc) is 3.08. The van der Waals surface area contributed by atoms with Gasteiger partial charge < -0.3 is 45.3 Å². The first-order valence-electron chi connectivity index (χ1n) is 17.7. The fourth-order valence-corrected chi connectivity index (χ4v) is 4.99. The summed E-state index contributed by atoms with van der Waals surface area (Å²) in [6.45, 7) is 9.99. The van der Waals surface area contributed by atoms with E-state index in [2.05, 4.69) is 16.0 Å². The van der Waals surface area contributed by atoms with Crippen LogP contribution in [0.3, 0.4) is 0 Å².